The molecular weight excluding hydrogens is 322 g/mol. The van der Waals surface area contributed by atoms with Gasteiger partial charge in [0, 0.05) is 16.8 Å². The van der Waals surface area contributed by atoms with E-state index in [9.17, 15) is 0 Å². The molecule has 1 fully saturated rings. The largest absolute Gasteiger partial charge is 0.398 e. The monoisotopic (exact) mass is 337 g/mol. The summed E-state index contributed by atoms with van der Waals surface area (Å²) in [6, 6.07) is 5.58. The Balaban J connectivity index is 1.89. The number of nitrogens with two attached hydrogens (primary N) is 1. The van der Waals surface area contributed by atoms with Gasteiger partial charge in [-0.2, -0.15) is 4.98 Å². The molecule has 0 radical (unpaired) electrons. The second-order valence-electron chi connectivity index (χ2n) is 4.90. The summed E-state index contributed by atoms with van der Waals surface area (Å²) in [5.41, 5.74) is 7.33. The van der Waals surface area contributed by atoms with Crippen molar-refractivity contribution >= 4 is 21.6 Å². The number of benzene rings is 1. The zero-order valence-electron chi connectivity index (χ0n) is 11.2. The molecule has 1 aliphatic carbocycles. The molecular formula is C14H16BrN3O2. The van der Waals surface area contributed by atoms with Gasteiger partial charge in [-0.3, -0.25) is 0 Å². The summed E-state index contributed by atoms with van der Waals surface area (Å²) in [5.74, 6) is 1.57. The number of anilines is 1. The third kappa shape index (κ3) is 2.71. The molecule has 1 aromatic carbocycles. The molecule has 0 bridgehead atoms. The summed E-state index contributed by atoms with van der Waals surface area (Å²) in [6.45, 7) is 2.62. The SMILES string of the molecule is CCOC(c1noc(-c2ccc(Br)cc2N)n1)C1CC1. The van der Waals surface area contributed by atoms with Gasteiger partial charge in [0.1, 0.15) is 6.10 Å². The van der Waals surface area contributed by atoms with Crippen molar-refractivity contribution in [3.05, 3.63) is 28.5 Å². The van der Waals surface area contributed by atoms with Crippen molar-refractivity contribution in [1.82, 2.24) is 10.1 Å². The van der Waals surface area contributed by atoms with E-state index in [1.807, 2.05) is 25.1 Å². The first-order valence-electron chi connectivity index (χ1n) is 6.69. The predicted molar refractivity (Wildman–Crippen MR) is 78.9 cm³/mol. The molecule has 106 valence electrons. The van der Waals surface area contributed by atoms with Gasteiger partial charge in [0.25, 0.3) is 5.89 Å². The molecule has 1 unspecified atom stereocenters. The van der Waals surface area contributed by atoms with Crippen LogP contribution in [0.5, 0.6) is 0 Å². The predicted octanol–water partition coefficient (Wildman–Crippen LogP) is 3.57. The van der Waals surface area contributed by atoms with Gasteiger partial charge in [0.15, 0.2) is 0 Å². The molecule has 1 saturated carbocycles. The van der Waals surface area contributed by atoms with Gasteiger partial charge in [0.05, 0.1) is 5.56 Å². The van der Waals surface area contributed by atoms with E-state index in [-0.39, 0.29) is 6.10 Å². The number of rotatable bonds is 5. The van der Waals surface area contributed by atoms with E-state index in [0.717, 1.165) is 22.9 Å². The van der Waals surface area contributed by atoms with Gasteiger partial charge in [-0.05, 0) is 43.9 Å². The van der Waals surface area contributed by atoms with Crippen molar-refractivity contribution in [2.24, 2.45) is 5.92 Å². The molecule has 20 heavy (non-hydrogen) atoms. The van der Waals surface area contributed by atoms with E-state index < -0.39 is 0 Å². The molecule has 3 rings (SSSR count). The van der Waals surface area contributed by atoms with Crippen LogP contribution in [0.3, 0.4) is 0 Å². The Bertz CT molecular complexity index is 610. The van der Waals surface area contributed by atoms with Crippen LogP contribution < -0.4 is 5.73 Å². The van der Waals surface area contributed by atoms with E-state index in [1.165, 1.54) is 0 Å². The molecule has 0 aliphatic heterocycles. The molecule has 1 atom stereocenters. The summed E-state index contributed by atoms with van der Waals surface area (Å²) < 4.78 is 12.0. The number of nitrogen functional groups attached to an aromatic ring is 1. The molecule has 2 N–H and O–H groups in total. The first-order chi connectivity index (χ1) is 9.69. The topological polar surface area (TPSA) is 74.2 Å². The van der Waals surface area contributed by atoms with Gasteiger partial charge < -0.3 is 15.0 Å². The van der Waals surface area contributed by atoms with Crippen LogP contribution >= 0.6 is 15.9 Å². The van der Waals surface area contributed by atoms with Gasteiger partial charge in [-0.15, -0.1) is 0 Å². The molecule has 0 amide bonds. The standard InChI is InChI=1S/C14H16BrN3O2/c1-2-19-12(8-3-4-8)13-17-14(20-18-13)10-6-5-9(15)7-11(10)16/h5-8,12H,2-4,16H2,1H3. The number of hydrogen-bond acceptors (Lipinski definition) is 5. The van der Waals surface area contributed by atoms with E-state index in [4.69, 9.17) is 15.0 Å². The average Bonchev–Trinajstić information content (AvgIpc) is 3.14. The second kappa shape index (κ2) is 5.54. The van der Waals surface area contributed by atoms with Gasteiger partial charge >= 0.3 is 0 Å². The molecule has 1 aromatic heterocycles. The summed E-state index contributed by atoms with van der Waals surface area (Å²) in [4.78, 5) is 4.45. The maximum Gasteiger partial charge on any atom is 0.260 e. The highest BCUT2D eigenvalue weighted by Gasteiger charge is 2.36. The molecule has 0 spiro atoms. The van der Waals surface area contributed by atoms with Crippen LogP contribution in [0.2, 0.25) is 0 Å². The zero-order chi connectivity index (χ0) is 14.1. The van der Waals surface area contributed by atoms with E-state index in [0.29, 0.717) is 29.9 Å². The molecule has 6 heteroatoms. The van der Waals surface area contributed by atoms with Crippen molar-refractivity contribution in [2.45, 2.75) is 25.9 Å². The van der Waals surface area contributed by atoms with E-state index >= 15 is 0 Å². The number of halogens is 1. The number of nitrogens with zero attached hydrogens (tertiary/aromatic N) is 2. The van der Waals surface area contributed by atoms with Crippen LogP contribution in [0.4, 0.5) is 5.69 Å². The lowest BCUT2D eigenvalue weighted by molar-refractivity contribution is 0.0385. The van der Waals surface area contributed by atoms with Crippen LogP contribution in [-0.2, 0) is 4.74 Å². The fraction of sp³-hybridized carbons (Fsp3) is 0.429. The van der Waals surface area contributed by atoms with Crippen LogP contribution in [0.15, 0.2) is 27.2 Å². The van der Waals surface area contributed by atoms with Crippen molar-refractivity contribution in [3.63, 3.8) is 0 Å². The normalized spacial score (nSPS) is 16.3. The highest BCUT2D eigenvalue weighted by molar-refractivity contribution is 9.10. The second-order valence-corrected chi connectivity index (χ2v) is 5.82. The molecule has 1 aliphatic rings. The lowest BCUT2D eigenvalue weighted by Crippen LogP contribution is -2.08. The van der Waals surface area contributed by atoms with Crippen molar-refractivity contribution in [1.29, 1.82) is 0 Å². The minimum absolute atomic E-state index is 0.0610. The zero-order valence-corrected chi connectivity index (χ0v) is 12.8. The van der Waals surface area contributed by atoms with Gasteiger partial charge in [0.2, 0.25) is 5.82 Å². The molecule has 5 nitrogen and oxygen atoms in total. The van der Waals surface area contributed by atoms with Gasteiger partial charge in [-0.1, -0.05) is 21.1 Å². The van der Waals surface area contributed by atoms with Crippen LogP contribution in [-0.4, -0.2) is 16.7 Å². The van der Waals surface area contributed by atoms with Gasteiger partial charge in [-0.25, -0.2) is 0 Å². The minimum atomic E-state index is -0.0610. The van der Waals surface area contributed by atoms with Crippen molar-refractivity contribution in [2.75, 3.05) is 12.3 Å². The highest BCUT2D eigenvalue weighted by atomic mass is 79.9. The highest BCUT2D eigenvalue weighted by Crippen LogP contribution is 2.42. The summed E-state index contributed by atoms with van der Waals surface area (Å²) >= 11 is 3.38. The van der Waals surface area contributed by atoms with Crippen molar-refractivity contribution in [3.8, 4) is 11.5 Å². The number of ether oxygens (including phenoxy) is 1. The Morgan fingerprint density at radius 2 is 2.30 bits per heavy atom. The van der Waals surface area contributed by atoms with Crippen LogP contribution in [0, 0.1) is 5.92 Å². The number of hydrogen-bond donors (Lipinski definition) is 1. The lowest BCUT2D eigenvalue weighted by Gasteiger charge is -2.11. The fourth-order valence-corrected chi connectivity index (χ4v) is 2.57. The average molecular weight is 338 g/mol. The minimum Gasteiger partial charge on any atom is -0.398 e. The third-order valence-corrected chi connectivity index (χ3v) is 3.83. The lowest BCUT2D eigenvalue weighted by atomic mass is 10.2. The van der Waals surface area contributed by atoms with E-state index in [2.05, 4.69) is 26.1 Å². The molecule has 1 heterocycles. The Hall–Kier alpha value is -1.40. The Labute approximate surface area is 125 Å². The first kappa shape index (κ1) is 13.6. The Kier molecular flexibility index (Phi) is 3.76. The van der Waals surface area contributed by atoms with Crippen LogP contribution in [0.1, 0.15) is 31.7 Å². The summed E-state index contributed by atoms with van der Waals surface area (Å²) in [7, 11) is 0. The molecule has 0 saturated heterocycles. The summed E-state index contributed by atoms with van der Waals surface area (Å²) in [5, 5.41) is 4.06. The first-order valence-corrected chi connectivity index (χ1v) is 7.49. The summed E-state index contributed by atoms with van der Waals surface area (Å²) in [6.07, 6.45) is 2.26. The third-order valence-electron chi connectivity index (χ3n) is 3.34. The number of aromatic nitrogens is 2. The fourth-order valence-electron chi connectivity index (χ4n) is 2.19. The Morgan fingerprint density at radius 1 is 1.50 bits per heavy atom. The van der Waals surface area contributed by atoms with E-state index in [1.54, 1.807) is 0 Å². The quantitative estimate of drug-likeness (QED) is 0.844. The van der Waals surface area contributed by atoms with Crippen molar-refractivity contribution < 1.29 is 9.26 Å². The van der Waals surface area contributed by atoms with Crippen LogP contribution in [0.25, 0.3) is 11.5 Å². The maximum absolute atomic E-state index is 5.98. The Morgan fingerprint density at radius 3 is 2.95 bits per heavy atom. The molecule has 2 aromatic rings. The maximum atomic E-state index is 5.98. The smallest absolute Gasteiger partial charge is 0.260 e.